The first kappa shape index (κ1) is 29.2. The zero-order chi connectivity index (χ0) is 25.4. The van der Waals surface area contributed by atoms with Crippen LogP contribution in [0.25, 0.3) is 22.4 Å². The van der Waals surface area contributed by atoms with Crippen LogP contribution in [0, 0.1) is 0 Å². The third-order valence-electron chi connectivity index (χ3n) is 5.65. The Labute approximate surface area is 221 Å². The summed E-state index contributed by atoms with van der Waals surface area (Å²) in [5.74, 6) is 2.00. The van der Waals surface area contributed by atoms with Gasteiger partial charge >= 0.3 is 0 Å². The number of nitrogens with zero attached hydrogens (tertiary/aromatic N) is 1. The molecule has 36 heavy (non-hydrogen) atoms. The van der Waals surface area contributed by atoms with Crippen LogP contribution in [0.4, 0.5) is 5.69 Å². The summed E-state index contributed by atoms with van der Waals surface area (Å²) in [6.07, 6.45) is 2.39. The number of nitrogens with one attached hydrogen (secondary N) is 1. The Bertz CT molecular complexity index is 1130. The number of aromatic nitrogens is 1. The number of hydrogen-bond donors (Lipinski definition) is 3. The highest BCUT2D eigenvalue weighted by molar-refractivity contribution is 7.04. The van der Waals surface area contributed by atoms with Crippen molar-refractivity contribution in [2.75, 3.05) is 40.3 Å². The van der Waals surface area contributed by atoms with Crippen LogP contribution in [0.15, 0.2) is 35.7 Å². The monoisotopic (exact) mass is 536 g/mol. The number of quaternary nitrogens is 1. The molecule has 0 spiro atoms. The number of amides is 1. The Balaban J connectivity index is 0.00000456. The maximum absolute atomic E-state index is 12.8. The highest BCUT2D eigenvalue weighted by atomic mass is 35.5. The van der Waals surface area contributed by atoms with Gasteiger partial charge in [-0.3, -0.25) is 4.79 Å². The molecular weight excluding hydrogens is 504 g/mol. The van der Waals surface area contributed by atoms with E-state index in [1.54, 1.807) is 28.4 Å². The third-order valence-corrected chi connectivity index (χ3v) is 6.28. The van der Waals surface area contributed by atoms with E-state index < -0.39 is 0 Å². The van der Waals surface area contributed by atoms with Crippen LogP contribution in [0.3, 0.4) is 0 Å². The van der Waals surface area contributed by atoms with Gasteiger partial charge in [-0.15, -0.1) is 0 Å². The van der Waals surface area contributed by atoms with Crippen molar-refractivity contribution >= 4 is 23.1 Å². The Kier molecular flexibility index (Phi) is 11.3. The summed E-state index contributed by atoms with van der Waals surface area (Å²) in [5.41, 5.74) is 13.5. The second-order valence-corrected chi connectivity index (χ2v) is 8.51. The Morgan fingerprint density at radius 3 is 2.25 bits per heavy atom. The molecule has 0 saturated carbocycles. The summed E-state index contributed by atoms with van der Waals surface area (Å²) in [4.78, 5) is 12.8. The summed E-state index contributed by atoms with van der Waals surface area (Å²) in [6.45, 7) is 0.604. The Morgan fingerprint density at radius 2 is 1.67 bits per heavy atom. The second-order valence-electron chi connectivity index (χ2n) is 7.88. The van der Waals surface area contributed by atoms with E-state index in [2.05, 4.69) is 15.4 Å². The van der Waals surface area contributed by atoms with Crippen LogP contribution in [-0.4, -0.2) is 51.3 Å². The van der Waals surface area contributed by atoms with Gasteiger partial charge < -0.3 is 48.1 Å². The number of rotatable bonds is 12. The van der Waals surface area contributed by atoms with Crippen molar-refractivity contribution in [1.82, 2.24) is 4.37 Å². The van der Waals surface area contributed by atoms with Gasteiger partial charge in [-0.25, -0.2) is 0 Å². The van der Waals surface area contributed by atoms with Gasteiger partial charge in [0.05, 0.1) is 39.8 Å². The summed E-state index contributed by atoms with van der Waals surface area (Å²) in [7, 11) is 6.29. The number of carbonyl (C=O) groups is 1. The first-order valence-corrected chi connectivity index (χ1v) is 12.1. The fraction of sp³-hybridized carbons (Fsp3) is 0.360. The normalized spacial score (nSPS) is 11.3. The molecule has 11 heteroatoms. The number of carbonyl (C=O) groups excluding carboxylic acids is 1. The highest BCUT2D eigenvalue weighted by Gasteiger charge is 2.21. The van der Waals surface area contributed by atoms with Crippen LogP contribution < -0.4 is 48.1 Å². The lowest BCUT2D eigenvalue weighted by atomic mass is 10.0. The van der Waals surface area contributed by atoms with Gasteiger partial charge in [0, 0.05) is 22.9 Å². The number of benzene rings is 2. The molecular formula is C25H33ClN4O5S. The van der Waals surface area contributed by atoms with Gasteiger partial charge in [0.15, 0.2) is 17.5 Å². The summed E-state index contributed by atoms with van der Waals surface area (Å²) < 4.78 is 26.6. The van der Waals surface area contributed by atoms with Crippen molar-refractivity contribution < 1.29 is 41.9 Å². The number of hydrogen-bond acceptors (Lipinski definition) is 8. The average Bonchev–Trinajstić information content (AvgIpc) is 3.37. The van der Waals surface area contributed by atoms with Crippen LogP contribution in [0.1, 0.15) is 19.3 Å². The quantitative estimate of drug-likeness (QED) is 0.281. The highest BCUT2D eigenvalue weighted by Crippen LogP contribution is 2.44. The molecule has 1 heterocycles. The molecule has 0 fully saturated rings. The lowest BCUT2D eigenvalue weighted by Gasteiger charge is -2.15. The molecule has 0 radical (unpaired) electrons. The Morgan fingerprint density at radius 1 is 1.00 bits per heavy atom. The molecule has 3 aromatic rings. The zero-order valence-electron chi connectivity index (χ0n) is 20.9. The molecule has 0 bridgehead atoms. The van der Waals surface area contributed by atoms with Crippen molar-refractivity contribution in [3.05, 3.63) is 35.7 Å². The van der Waals surface area contributed by atoms with E-state index in [4.69, 9.17) is 24.7 Å². The molecule has 6 N–H and O–H groups in total. The lowest BCUT2D eigenvalue weighted by molar-refractivity contribution is -0.404. The lowest BCUT2D eigenvalue weighted by Crippen LogP contribution is -3.00. The number of anilines is 1. The molecule has 0 aliphatic rings. The predicted octanol–water partition coefficient (Wildman–Crippen LogP) is 0.194. The van der Waals surface area contributed by atoms with Gasteiger partial charge in [-0.2, -0.15) is 4.37 Å². The molecule has 1 aromatic heterocycles. The van der Waals surface area contributed by atoms with E-state index in [1.807, 2.05) is 35.7 Å². The van der Waals surface area contributed by atoms with Crippen molar-refractivity contribution in [2.24, 2.45) is 5.73 Å². The molecule has 9 nitrogen and oxygen atoms in total. The van der Waals surface area contributed by atoms with E-state index in [9.17, 15) is 4.79 Å². The zero-order valence-corrected chi connectivity index (χ0v) is 22.5. The number of unbranched alkanes of at least 4 members (excludes halogenated alkanes) is 1. The van der Waals surface area contributed by atoms with Crippen LogP contribution >= 0.6 is 11.5 Å². The van der Waals surface area contributed by atoms with Gasteiger partial charge in [0.2, 0.25) is 5.75 Å². The molecule has 2 aromatic carbocycles. The van der Waals surface area contributed by atoms with Crippen molar-refractivity contribution in [3.8, 4) is 45.4 Å². The number of methoxy groups -OCH3 is 4. The third kappa shape index (κ3) is 6.58. The predicted molar refractivity (Wildman–Crippen MR) is 137 cm³/mol. The van der Waals surface area contributed by atoms with E-state index in [-0.39, 0.29) is 24.4 Å². The standard InChI is InChI=1S/C25H32N4O5S.ClH/c1-31-20-9-8-15(11-19(20)28-25(30)18(27)7-5-6-10-26)17-14-35-29-23(17)16-12-21(32-2)24(34-4)22(13-16)33-3;/h8-9,11-14,18H,5-7,10,26-27H2,1-4H3,(H,28,30);1H/t18-;/m1./s1. The summed E-state index contributed by atoms with van der Waals surface area (Å²) in [5, 5.41) is 4.93. The smallest absolute Gasteiger partial charge is 0.282 e. The van der Waals surface area contributed by atoms with Gasteiger partial charge in [-0.1, -0.05) is 6.07 Å². The van der Waals surface area contributed by atoms with Crippen molar-refractivity contribution in [2.45, 2.75) is 25.3 Å². The fourth-order valence-electron chi connectivity index (χ4n) is 3.74. The van der Waals surface area contributed by atoms with Gasteiger partial charge in [0.25, 0.3) is 5.91 Å². The number of halogens is 1. The largest absolute Gasteiger partial charge is 1.00 e. The molecule has 3 rings (SSSR count). The maximum Gasteiger partial charge on any atom is 0.282 e. The van der Waals surface area contributed by atoms with Crippen molar-refractivity contribution in [3.63, 3.8) is 0 Å². The van der Waals surface area contributed by atoms with Crippen LogP contribution in [0.5, 0.6) is 23.0 Å². The van der Waals surface area contributed by atoms with E-state index in [0.29, 0.717) is 41.7 Å². The van der Waals surface area contributed by atoms with E-state index in [1.165, 1.54) is 11.5 Å². The number of ether oxygens (including phenoxy) is 4. The number of nitrogens with two attached hydrogens (primary N) is 1. The minimum atomic E-state index is -0.382. The van der Waals surface area contributed by atoms with Crippen LogP contribution in [0.2, 0.25) is 0 Å². The van der Waals surface area contributed by atoms with Crippen molar-refractivity contribution in [1.29, 1.82) is 0 Å². The van der Waals surface area contributed by atoms with Gasteiger partial charge in [0.1, 0.15) is 5.75 Å². The minimum Gasteiger partial charge on any atom is -1.00 e. The van der Waals surface area contributed by atoms with E-state index in [0.717, 1.165) is 35.2 Å². The average molecular weight is 537 g/mol. The van der Waals surface area contributed by atoms with E-state index >= 15 is 0 Å². The maximum atomic E-state index is 12.8. The summed E-state index contributed by atoms with van der Waals surface area (Å²) in [6, 6.07) is 8.99. The first-order valence-electron chi connectivity index (χ1n) is 11.2. The molecule has 1 atom stereocenters. The second kappa shape index (κ2) is 13.9. The van der Waals surface area contributed by atoms with Crippen LogP contribution in [-0.2, 0) is 4.79 Å². The summed E-state index contributed by atoms with van der Waals surface area (Å²) >= 11 is 1.34. The molecule has 0 aliphatic carbocycles. The van der Waals surface area contributed by atoms with Gasteiger partial charge in [-0.05, 0) is 60.7 Å². The molecule has 0 unspecified atom stereocenters. The minimum absolute atomic E-state index is 0. The molecule has 0 aliphatic heterocycles. The molecule has 196 valence electrons. The Hall–Kier alpha value is -3.05. The SMILES string of the molecule is COc1ccc(-c2csnc2-c2cc(OC)c(OC)c(OC)c2)cc1NC(=O)[C@H]([NH3+])CCCCN.[Cl-]. The first-order chi connectivity index (χ1) is 17.0. The topological polar surface area (TPSA) is 133 Å². The fourth-order valence-corrected chi connectivity index (χ4v) is 4.46. The molecule has 1 amide bonds. The molecule has 0 saturated heterocycles.